The molecule has 2 N–H and O–H groups in total. The van der Waals surface area contributed by atoms with E-state index in [-0.39, 0.29) is 5.56 Å². The minimum atomic E-state index is -0.894. The van der Waals surface area contributed by atoms with E-state index in [9.17, 15) is 13.6 Å². The molecule has 2 heterocycles. The first-order valence-electron chi connectivity index (χ1n) is 6.16. The van der Waals surface area contributed by atoms with E-state index >= 15 is 0 Å². The standard InChI is InChI=1S/C13H12F2N4O/c14-8-1-2-10(11(15)5-8)12(20)18-13-17-7-9-6-16-3-4-19(9)13/h1-2,5,7,16H,3-4,6H2,(H,17,18,20). The van der Waals surface area contributed by atoms with Gasteiger partial charge in [-0.25, -0.2) is 13.8 Å². The molecule has 0 radical (unpaired) electrons. The predicted molar refractivity (Wildman–Crippen MR) is 68.2 cm³/mol. The number of nitrogens with zero attached hydrogens (tertiary/aromatic N) is 2. The summed E-state index contributed by atoms with van der Waals surface area (Å²) in [5, 5.41) is 5.73. The van der Waals surface area contributed by atoms with E-state index in [1.54, 1.807) is 6.20 Å². The average molecular weight is 278 g/mol. The van der Waals surface area contributed by atoms with Gasteiger partial charge in [0.25, 0.3) is 5.91 Å². The Hall–Kier alpha value is -2.28. The van der Waals surface area contributed by atoms with Crippen molar-refractivity contribution in [2.45, 2.75) is 13.1 Å². The van der Waals surface area contributed by atoms with E-state index in [4.69, 9.17) is 0 Å². The van der Waals surface area contributed by atoms with Crippen molar-refractivity contribution in [3.05, 3.63) is 47.3 Å². The molecular formula is C13H12F2N4O. The second-order valence-electron chi connectivity index (χ2n) is 4.48. The summed E-state index contributed by atoms with van der Waals surface area (Å²) < 4.78 is 28.2. The van der Waals surface area contributed by atoms with Crippen molar-refractivity contribution in [1.29, 1.82) is 0 Å². The van der Waals surface area contributed by atoms with Gasteiger partial charge >= 0.3 is 0 Å². The van der Waals surface area contributed by atoms with E-state index in [1.165, 1.54) is 0 Å². The zero-order chi connectivity index (χ0) is 14.1. The first-order valence-corrected chi connectivity index (χ1v) is 6.16. The first kappa shape index (κ1) is 12.7. The Morgan fingerprint density at radius 2 is 2.25 bits per heavy atom. The molecule has 1 aliphatic rings. The van der Waals surface area contributed by atoms with Gasteiger partial charge in [0.05, 0.1) is 17.5 Å². The van der Waals surface area contributed by atoms with Gasteiger partial charge in [0.15, 0.2) is 0 Å². The second-order valence-corrected chi connectivity index (χ2v) is 4.48. The number of amides is 1. The van der Waals surface area contributed by atoms with Crippen LogP contribution in [0.4, 0.5) is 14.7 Å². The summed E-state index contributed by atoms with van der Waals surface area (Å²) in [7, 11) is 0. The molecule has 1 amide bonds. The third-order valence-electron chi connectivity index (χ3n) is 3.16. The Bertz CT molecular complexity index is 668. The minimum Gasteiger partial charge on any atom is -0.312 e. The topological polar surface area (TPSA) is 59.0 Å². The highest BCUT2D eigenvalue weighted by Crippen LogP contribution is 2.16. The maximum Gasteiger partial charge on any atom is 0.260 e. The number of hydrogen-bond donors (Lipinski definition) is 2. The zero-order valence-corrected chi connectivity index (χ0v) is 10.5. The molecule has 1 aromatic heterocycles. The summed E-state index contributed by atoms with van der Waals surface area (Å²) in [5.74, 6) is -1.89. The third-order valence-corrected chi connectivity index (χ3v) is 3.16. The molecular weight excluding hydrogens is 266 g/mol. The van der Waals surface area contributed by atoms with Crippen LogP contribution in [0.2, 0.25) is 0 Å². The number of nitrogens with one attached hydrogen (secondary N) is 2. The van der Waals surface area contributed by atoms with Crippen molar-refractivity contribution in [2.24, 2.45) is 0 Å². The van der Waals surface area contributed by atoms with Crippen LogP contribution in [0.15, 0.2) is 24.4 Å². The maximum atomic E-state index is 13.5. The Morgan fingerprint density at radius 1 is 1.40 bits per heavy atom. The monoisotopic (exact) mass is 278 g/mol. The SMILES string of the molecule is O=C(Nc1ncc2n1CCNC2)c1ccc(F)cc1F. The number of anilines is 1. The molecule has 2 aromatic rings. The van der Waals surface area contributed by atoms with Gasteiger partial charge < -0.3 is 9.88 Å². The highest BCUT2D eigenvalue weighted by atomic mass is 19.1. The van der Waals surface area contributed by atoms with E-state index in [0.29, 0.717) is 25.1 Å². The van der Waals surface area contributed by atoms with Gasteiger partial charge in [-0.15, -0.1) is 0 Å². The van der Waals surface area contributed by atoms with Crippen molar-refractivity contribution < 1.29 is 13.6 Å². The van der Waals surface area contributed by atoms with Gasteiger partial charge in [0, 0.05) is 25.7 Å². The fraction of sp³-hybridized carbons (Fsp3) is 0.231. The first-order chi connectivity index (χ1) is 9.65. The van der Waals surface area contributed by atoms with Crippen LogP contribution in [0.25, 0.3) is 0 Å². The molecule has 0 unspecified atom stereocenters. The van der Waals surface area contributed by atoms with Gasteiger partial charge in [-0.1, -0.05) is 0 Å². The number of imidazole rings is 1. The molecule has 0 spiro atoms. The number of hydrogen-bond acceptors (Lipinski definition) is 3. The number of halogens is 2. The van der Waals surface area contributed by atoms with Gasteiger partial charge in [0.1, 0.15) is 11.6 Å². The van der Waals surface area contributed by atoms with Crippen molar-refractivity contribution in [3.63, 3.8) is 0 Å². The average Bonchev–Trinajstić information content (AvgIpc) is 2.82. The van der Waals surface area contributed by atoms with E-state index < -0.39 is 17.5 Å². The number of fused-ring (bicyclic) bond motifs is 1. The van der Waals surface area contributed by atoms with Crippen LogP contribution < -0.4 is 10.6 Å². The number of benzene rings is 1. The van der Waals surface area contributed by atoms with Gasteiger partial charge in [-0.2, -0.15) is 0 Å². The molecule has 0 atom stereocenters. The largest absolute Gasteiger partial charge is 0.312 e. The Labute approximate surface area is 113 Å². The number of carbonyl (C=O) groups is 1. The van der Waals surface area contributed by atoms with Gasteiger partial charge in [-0.3, -0.25) is 10.1 Å². The molecule has 3 rings (SSSR count). The van der Waals surface area contributed by atoms with E-state index in [2.05, 4.69) is 15.6 Å². The molecule has 0 saturated heterocycles. The highest BCUT2D eigenvalue weighted by molar-refractivity contribution is 6.03. The molecule has 7 heteroatoms. The minimum absolute atomic E-state index is 0.210. The van der Waals surface area contributed by atoms with E-state index in [0.717, 1.165) is 24.4 Å². The lowest BCUT2D eigenvalue weighted by Gasteiger charge is -2.17. The van der Waals surface area contributed by atoms with Crippen molar-refractivity contribution in [3.8, 4) is 0 Å². The molecule has 0 saturated carbocycles. The number of rotatable bonds is 2. The quantitative estimate of drug-likeness (QED) is 0.875. The summed E-state index contributed by atoms with van der Waals surface area (Å²) in [6.07, 6.45) is 1.66. The van der Waals surface area contributed by atoms with Gasteiger partial charge in [-0.05, 0) is 12.1 Å². The smallest absolute Gasteiger partial charge is 0.260 e. The molecule has 0 bridgehead atoms. The number of carbonyl (C=O) groups excluding carboxylic acids is 1. The summed E-state index contributed by atoms with van der Waals surface area (Å²) >= 11 is 0. The summed E-state index contributed by atoms with van der Waals surface area (Å²) in [6, 6.07) is 2.84. The van der Waals surface area contributed by atoms with Crippen molar-refractivity contribution in [1.82, 2.24) is 14.9 Å². The Balaban J connectivity index is 1.84. The van der Waals surface area contributed by atoms with Crippen LogP contribution in [0.1, 0.15) is 16.1 Å². The molecule has 0 aliphatic carbocycles. The summed E-state index contributed by atoms with van der Waals surface area (Å²) in [5.41, 5.74) is 0.740. The second kappa shape index (κ2) is 5.01. The van der Waals surface area contributed by atoms with Crippen molar-refractivity contribution in [2.75, 3.05) is 11.9 Å². The lowest BCUT2D eigenvalue weighted by atomic mass is 10.2. The lowest BCUT2D eigenvalue weighted by molar-refractivity contribution is 0.102. The van der Waals surface area contributed by atoms with Crippen LogP contribution in [0, 0.1) is 11.6 Å². The van der Waals surface area contributed by atoms with Gasteiger partial charge in [0.2, 0.25) is 5.95 Å². The molecule has 104 valence electrons. The normalized spacial score (nSPS) is 13.9. The Morgan fingerprint density at radius 3 is 3.05 bits per heavy atom. The zero-order valence-electron chi connectivity index (χ0n) is 10.5. The fourth-order valence-electron chi connectivity index (χ4n) is 2.15. The van der Waals surface area contributed by atoms with Crippen LogP contribution in [-0.4, -0.2) is 22.0 Å². The molecule has 20 heavy (non-hydrogen) atoms. The predicted octanol–water partition coefficient (Wildman–Crippen LogP) is 1.52. The highest BCUT2D eigenvalue weighted by Gasteiger charge is 2.18. The number of aromatic nitrogens is 2. The molecule has 5 nitrogen and oxygen atoms in total. The summed E-state index contributed by atoms with van der Waals surface area (Å²) in [6.45, 7) is 2.13. The van der Waals surface area contributed by atoms with Crippen LogP contribution in [0.3, 0.4) is 0 Å². The molecule has 1 aliphatic heterocycles. The van der Waals surface area contributed by atoms with E-state index in [1.807, 2.05) is 4.57 Å². The van der Waals surface area contributed by atoms with Crippen LogP contribution >= 0.6 is 0 Å². The molecule has 1 aromatic carbocycles. The van der Waals surface area contributed by atoms with Crippen molar-refractivity contribution >= 4 is 11.9 Å². The fourth-order valence-corrected chi connectivity index (χ4v) is 2.15. The van der Waals surface area contributed by atoms with Crippen LogP contribution in [-0.2, 0) is 13.1 Å². The molecule has 0 fully saturated rings. The maximum absolute atomic E-state index is 13.5. The third kappa shape index (κ3) is 2.27. The lowest BCUT2D eigenvalue weighted by Crippen LogP contribution is -2.29. The van der Waals surface area contributed by atoms with Crippen LogP contribution in [0.5, 0.6) is 0 Å². The Kier molecular flexibility index (Phi) is 3.19. The summed E-state index contributed by atoms with van der Waals surface area (Å²) in [4.78, 5) is 16.1.